The van der Waals surface area contributed by atoms with Gasteiger partial charge >= 0.3 is 0 Å². The van der Waals surface area contributed by atoms with E-state index in [1.54, 1.807) is 12.1 Å². The Morgan fingerprint density at radius 1 is 1.60 bits per heavy atom. The molecule has 5 heteroatoms. The Morgan fingerprint density at radius 3 is 2.93 bits per heavy atom. The molecule has 0 aliphatic heterocycles. The number of hydrogen-bond acceptors (Lipinski definition) is 3. The van der Waals surface area contributed by atoms with Crippen LogP contribution >= 0.6 is 0 Å². The molecular weight excluding hydrogens is 199 g/mol. The largest absolute Gasteiger partial charge is 0.409 e. The molecule has 0 amide bonds. The van der Waals surface area contributed by atoms with Crippen LogP contribution in [0, 0.1) is 5.82 Å². The molecule has 82 valence electrons. The van der Waals surface area contributed by atoms with Gasteiger partial charge in [-0.15, -0.1) is 0 Å². The molecule has 0 heterocycles. The van der Waals surface area contributed by atoms with Crippen LogP contribution in [0.25, 0.3) is 0 Å². The Hall–Kier alpha value is -1.62. The van der Waals surface area contributed by atoms with E-state index in [0.29, 0.717) is 12.2 Å². The zero-order valence-electron chi connectivity index (χ0n) is 8.40. The third-order valence-electron chi connectivity index (χ3n) is 1.92. The summed E-state index contributed by atoms with van der Waals surface area (Å²) in [7, 11) is 0. The summed E-state index contributed by atoms with van der Waals surface area (Å²) in [5.74, 6) is -0.757. The lowest BCUT2D eigenvalue weighted by atomic mass is 10.1. The maximum Gasteiger partial charge on any atom is 0.173 e. The van der Waals surface area contributed by atoms with Gasteiger partial charge in [-0.05, 0) is 13.0 Å². The maximum atomic E-state index is 13.7. The third kappa shape index (κ3) is 2.66. The van der Waals surface area contributed by atoms with Gasteiger partial charge in [0, 0.05) is 12.2 Å². The van der Waals surface area contributed by atoms with Gasteiger partial charge in [-0.1, -0.05) is 17.3 Å². The number of hydrogen-bond donors (Lipinski definition) is 2. The van der Waals surface area contributed by atoms with Crippen molar-refractivity contribution in [2.75, 3.05) is 6.61 Å². The molecule has 15 heavy (non-hydrogen) atoms. The second-order valence-electron chi connectivity index (χ2n) is 2.90. The lowest BCUT2D eigenvalue weighted by Gasteiger charge is -2.06. The van der Waals surface area contributed by atoms with Gasteiger partial charge in [0.25, 0.3) is 0 Å². The minimum absolute atomic E-state index is 0.0784. The standard InChI is InChI=1S/C10H13FN2O2/c1-2-15-6-7-4-3-5-8(9(7)11)10(12)13-14/h3-5,14H,2,6H2,1H3,(H2,12,13). The number of oxime groups is 1. The first-order valence-electron chi connectivity index (χ1n) is 4.53. The van der Waals surface area contributed by atoms with Gasteiger partial charge in [0.05, 0.1) is 12.2 Å². The van der Waals surface area contributed by atoms with Crippen molar-refractivity contribution in [2.24, 2.45) is 10.9 Å². The molecule has 0 aromatic heterocycles. The average Bonchev–Trinajstić information content (AvgIpc) is 2.27. The summed E-state index contributed by atoms with van der Waals surface area (Å²) in [6.07, 6.45) is 0. The molecule has 1 rings (SSSR count). The monoisotopic (exact) mass is 212 g/mol. The van der Waals surface area contributed by atoms with E-state index < -0.39 is 5.82 Å². The SMILES string of the molecule is CCOCc1cccc(/C(N)=N/O)c1F. The van der Waals surface area contributed by atoms with Crippen LogP contribution in [0.4, 0.5) is 4.39 Å². The molecule has 1 aromatic rings. The lowest BCUT2D eigenvalue weighted by molar-refractivity contribution is 0.131. The Labute approximate surface area is 87.2 Å². The highest BCUT2D eigenvalue weighted by Crippen LogP contribution is 2.13. The molecule has 0 radical (unpaired) electrons. The van der Waals surface area contributed by atoms with Gasteiger partial charge in [-0.3, -0.25) is 0 Å². The number of nitrogens with zero attached hydrogens (tertiary/aromatic N) is 1. The van der Waals surface area contributed by atoms with Gasteiger partial charge in [-0.25, -0.2) is 4.39 Å². The highest BCUT2D eigenvalue weighted by molar-refractivity contribution is 5.97. The zero-order chi connectivity index (χ0) is 11.3. The van der Waals surface area contributed by atoms with Crippen LogP contribution in [0.1, 0.15) is 18.1 Å². The summed E-state index contributed by atoms with van der Waals surface area (Å²) in [5.41, 5.74) is 5.78. The third-order valence-corrected chi connectivity index (χ3v) is 1.92. The van der Waals surface area contributed by atoms with Crippen LogP contribution in [0.3, 0.4) is 0 Å². The van der Waals surface area contributed by atoms with E-state index >= 15 is 0 Å². The quantitative estimate of drug-likeness (QED) is 0.343. The minimum Gasteiger partial charge on any atom is -0.409 e. The Kier molecular flexibility index (Phi) is 4.05. The van der Waals surface area contributed by atoms with E-state index in [0.717, 1.165) is 0 Å². The number of halogens is 1. The van der Waals surface area contributed by atoms with E-state index in [-0.39, 0.29) is 18.0 Å². The van der Waals surface area contributed by atoms with Crippen LogP contribution in [-0.2, 0) is 11.3 Å². The van der Waals surface area contributed by atoms with Crippen molar-refractivity contribution in [3.05, 3.63) is 35.1 Å². The molecule has 0 bridgehead atoms. The van der Waals surface area contributed by atoms with E-state index in [2.05, 4.69) is 5.16 Å². The summed E-state index contributed by atoms with van der Waals surface area (Å²) in [4.78, 5) is 0. The average molecular weight is 212 g/mol. The van der Waals surface area contributed by atoms with Crippen LogP contribution in [-0.4, -0.2) is 17.6 Å². The van der Waals surface area contributed by atoms with Crippen molar-refractivity contribution in [3.63, 3.8) is 0 Å². The van der Waals surface area contributed by atoms with Crippen molar-refractivity contribution < 1.29 is 14.3 Å². The summed E-state index contributed by atoms with van der Waals surface area (Å²) in [6, 6.07) is 4.67. The molecule has 0 aliphatic carbocycles. The smallest absolute Gasteiger partial charge is 0.173 e. The van der Waals surface area contributed by atoms with Gasteiger partial charge in [0.1, 0.15) is 5.82 Å². The highest BCUT2D eigenvalue weighted by atomic mass is 19.1. The van der Waals surface area contributed by atoms with E-state index in [4.69, 9.17) is 15.7 Å². The molecule has 4 nitrogen and oxygen atoms in total. The first-order valence-corrected chi connectivity index (χ1v) is 4.53. The number of nitrogens with two attached hydrogens (primary N) is 1. The molecule has 0 saturated heterocycles. The predicted molar refractivity (Wildman–Crippen MR) is 54.2 cm³/mol. The number of rotatable bonds is 4. The van der Waals surface area contributed by atoms with Crippen LogP contribution in [0.2, 0.25) is 0 Å². The molecule has 0 unspecified atom stereocenters. The van der Waals surface area contributed by atoms with Crippen molar-refractivity contribution in [2.45, 2.75) is 13.5 Å². The molecule has 0 spiro atoms. The highest BCUT2D eigenvalue weighted by Gasteiger charge is 2.10. The Balaban J connectivity index is 3.00. The second-order valence-corrected chi connectivity index (χ2v) is 2.90. The van der Waals surface area contributed by atoms with Gasteiger partial charge in [-0.2, -0.15) is 0 Å². The lowest BCUT2D eigenvalue weighted by Crippen LogP contribution is -2.16. The topological polar surface area (TPSA) is 67.8 Å². The summed E-state index contributed by atoms with van der Waals surface area (Å²) < 4.78 is 18.8. The van der Waals surface area contributed by atoms with Crippen LogP contribution in [0.5, 0.6) is 0 Å². The van der Waals surface area contributed by atoms with Gasteiger partial charge in [0.15, 0.2) is 5.84 Å². The van der Waals surface area contributed by atoms with E-state index in [9.17, 15) is 4.39 Å². The number of benzene rings is 1. The Bertz CT molecular complexity index is 366. The van der Waals surface area contributed by atoms with Crippen LogP contribution in [0.15, 0.2) is 23.4 Å². The number of ether oxygens (including phenoxy) is 1. The van der Waals surface area contributed by atoms with Gasteiger partial charge in [0.2, 0.25) is 0 Å². The second kappa shape index (κ2) is 5.31. The fourth-order valence-corrected chi connectivity index (χ4v) is 1.15. The van der Waals surface area contributed by atoms with Crippen molar-refractivity contribution in [1.82, 2.24) is 0 Å². The van der Waals surface area contributed by atoms with Gasteiger partial charge < -0.3 is 15.7 Å². The molecule has 0 fully saturated rings. The van der Waals surface area contributed by atoms with Crippen molar-refractivity contribution in [1.29, 1.82) is 0 Å². The fraction of sp³-hybridized carbons (Fsp3) is 0.300. The van der Waals surface area contributed by atoms with E-state index in [1.807, 2.05) is 6.92 Å². The first kappa shape index (κ1) is 11.5. The summed E-state index contributed by atoms with van der Waals surface area (Å²) >= 11 is 0. The maximum absolute atomic E-state index is 13.7. The molecule has 3 N–H and O–H groups in total. The Morgan fingerprint density at radius 2 is 2.33 bits per heavy atom. The number of amidine groups is 1. The zero-order valence-corrected chi connectivity index (χ0v) is 8.40. The predicted octanol–water partition coefficient (Wildman–Crippen LogP) is 1.46. The fourth-order valence-electron chi connectivity index (χ4n) is 1.15. The first-order chi connectivity index (χ1) is 7.20. The van der Waals surface area contributed by atoms with E-state index in [1.165, 1.54) is 6.07 Å². The van der Waals surface area contributed by atoms with Crippen molar-refractivity contribution in [3.8, 4) is 0 Å². The minimum atomic E-state index is -0.513. The molecule has 0 atom stereocenters. The normalized spacial score (nSPS) is 11.7. The summed E-state index contributed by atoms with van der Waals surface area (Å²) in [6.45, 7) is 2.51. The molecule has 1 aromatic carbocycles. The van der Waals surface area contributed by atoms with Crippen LogP contribution < -0.4 is 5.73 Å². The van der Waals surface area contributed by atoms with Crippen molar-refractivity contribution >= 4 is 5.84 Å². The molecule has 0 saturated carbocycles. The molecule has 0 aliphatic rings. The molecular formula is C10H13FN2O2. The summed E-state index contributed by atoms with van der Waals surface area (Å²) in [5, 5.41) is 11.2.